The van der Waals surface area contributed by atoms with Gasteiger partial charge in [-0.25, -0.2) is 0 Å². The van der Waals surface area contributed by atoms with E-state index in [-0.39, 0.29) is 5.92 Å². The van der Waals surface area contributed by atoms with Gasteiger partial charge in [-0.05, 0) is 43.8 Å². The van der Waals surface area contributed by atoms with E-state index >= 15 is 0 Å². The number of nitrogens with one attached hydrogen (secondary N) is 2. The third-order valence-electron chi connectivity index (χ3n) is 5.79. The van der Waals surface area contributed by atoms with Gasteiger partial charge < -0.3 is 10.6 Å². The van der Waals surface area contributed by atoms with Gasteiger partial charge in [0.05, 0.1) is 6.54 Å². The lowest BCUT2D eigenvalue weighted by Gasteiger charge is -2.26. The fourth-order valence-corrected chi connectivity index (χ4v) is 4.31. The van der Waals surface area contributed by atoms with E-state index in [0.717, 1.165) is 38.4 Å². The Bertz CT molecular complexity index is 649. The van der Waals surface area contributed by atoms with Crippen LogP contribution in [0.25, 0.3) is 0 Å². The number of likely N-dealkylation sites (tertiary alicyclic amines) is 2. The van der Waals surface area contributed by atoms with Crippen molar-refractivity contribution in [1.82, 2.24) is 20.4 Å². The molecule has 0 spiro atoms. The van der Waals surface area contributed by atoms with E-state index in [1.165, 1.54) is 16.9 Å². The van der Waals surface area contributed by atoms with E-state index < -0.39 is 12.7 Å². The molecule has 162 valence electrons. The Morgan fingerprint density at radius 2 is 1.86 bits per heavy atom. The molecule has 2 aliphatic heterocycles. The number of halogens is 3. The van der Waals surface area contributed by atoms with Crippen LogP contribution in [0.15, 0.2) is 35.3 Å². The minimum absolute atomic E-state index is 0.219. The van der Waals surface area contributed by atoms with E-state index in [0.29, 0.717) is 25.7 Å². The average Bonchev–Trinajstić information content (AvgIpc) is 3.31. The summed E-state index contributed by atoms with van der Waals surface area (Å²) in [6.45, 7) is 3.70. The topological polar surface area (TPSA) is 42.9 Å². The van der Waals surface area contributed by atoms with Gasteiger partial charge in [-0.1, -0.05) is 30.3 Å². The van der Waals surface area contributed by atoms with Crippen molar-refractivity contribution in [3.63, 3.8) is 0 Å². The summed E-state index contributed by atoms with van der Waals surface area (Å²) in [5, 5.41) is 6.70. The van der Waals surface area contributed by atoms with Crippen LogP contribution >= 0.6 is 0 Å². The van der Waals surface area contributed by atoms with Gasteiger partial charge in [0, 0.05) is 39.3 Å². The number of alkyl halides is 3. The molecule has 1 aromatic carbocycles. The Morgan fingerprint density at radius 1 is 1.10 bits per heavy atom. The molecule has 0 aliphatic carbocycles. The van der Waals surface area contributed by atoms with Crippen LogP contribution in [-0.2, 0) is 6.54 Å². The highest BCUT2D eigenvalue weighted by Crippen LogP contribution is 2.22. The lowest BCUT2D eigenvalue weighted by Crippen LogP contribution is -2.46. The Balaban J connectivity index is 1.39. The molecule has 5 nitrogen and oxygen atoms in total. The fraction of sp³-hybridized carbons (Fsp3) is 0.667. The Morgan fingerprint density at radius 3 is 2.59 bits per heavy atom. The molecule has 2 heterocycles. The van der Waals surface area contributed by atoms with Crippen molar-refractivity contribution >= 4 is 5.96 Å². The summed E-state index contributed by atoms with van der Waals surface area (Å²) in [5.74, 6) is 0.947. The maximum Gasteiger partial charge on any atom is 0.401 e. The fourth-order valence-electron chi connectivity index (χ4n) is 4.31. The molecule has 8 heteroatoms. The second-order valence-electron chi connectivity index (χ2n) is 8.09. The molecule has 2 atom stereocenters. The highest BCUT2D eigenvalue weighted by molar-refractivity contribution is 5.79. The Labute approximate surface area is 171 Å². The number of rotatable bonds is 7. The number of aliphatic imine (C=N–C) groups is 1. The number of hydrogen-bond donors (Lipinski definition) is 2. The van der Waals surface area contributed by atoms with Crippen LogP contribution in [0.4, 0.5) is 13.2 Å². The summed E-state index contributed by atoms with van der Waals surface area (Å²) in [6, 6.07) is 11.0. The Kier molecular flexibility index (Phi) is 7.77. The van der Waals surface area contributed by atoms with Crippen LogP contribution in [0.2, 0.25) is 0 Å². The average molecular weight is 412 g/mol. The van der Waals surface area contributed by atoms with Gasteiger partial charge in [-0.3, -0.25) is 14.8 Å². The van der Waals surface area contributed by atoms with Crippen LogP contribution in [0.1, 0.15) is 24.8 Å². The molecular formula is C21H32F3N5. The van der Waals surface area contributed by atoms with Gasteiger partial charge in [-0.15, -0.1) is 0 Å². The molecule has 0 saturated carbocycles. The molecule has 29 heavy (non-hydrogen) atoms. The highest BCUT2D eigenvalue weighted by atomic mass is 19.4. The quantitative estimate of drug-likeness (QED) is 0.535. The zero-order valence-electron chi connectivity index (χ0n) is 17.1. The molecule has 2 N–H and O–H groups in total. The summed E-state index contributed by atoms with van der Waals surface area (Å²) in [7, 11) is 1.73. The zero-order chi connectivity index (χ0) is 20.7. The molecular weight excluding hydrogens is 379 g/mol. The van der Waals surface area contributed by atoms with Gasteiger partial charge in [0.2, 0.25) is 0 Å². The zero-order valence-corrected chi connectivity index (χ0v) is 17.1. The first kappa shape index (κ1) is 21.9. The first-order valence-electron chi connectivity index (χ1n) is 10.4. The van der Waals surface area contributed by atoms with E-state index in [4.69, 9.17) is 0 Å². The minimum atomic E-state index is -4.12. The van der Waals surface area contributed by atoms with Crippen LogP contribution in [0.5, 0.6) is 0 Å². The monoisotopic (exact) mass is 411 g/mol. The van der Waals surface area contributed by atoms with Crippen LogP contribution in [-0.4, -0.2) is 74.3 Å². The summed E-state index contributed by atoms with van der Waals surface area (Å²) in [5.41, 5.74) is 1.33. The predicted molar refractivity (Wildman–Crippen MR) is 110 cm³/mol. The molecule has 3 rings (SSSR count). The van der Waals surface area contributed by atoms with Crippen LogP contribution < -0.4 is 10.6 Å². The normalized spacial score (nSPS) is 24.2. The van der Waals surface area contributed by atoms with Gasteiger partial charge in [0.25, 0.3) is 0 Å². The summed E-state index contributed by atoms with van der Waals surface area (Å²) in [4.78, 5) is 8.27. The van der Waals surface area contributed by atoms with Crippen molar-refractivity contribution in [3.8, 4) is 0 Å². The molecule has 2 fully saturated rings. The number of nitrogens with zero attached hydrogens (tertiary/aromatic N) is 3. The summed E-state index contributed by atoms with van der Waals surface area (Å²) >= 11 is 0. The second-order valence-corrected chi connectivity index (χ2v) is 8.09. The third kappa shape index (κ3) is 7.19. The number of guanidine groups is 1. The van der Waals surface area contributed by atoms with E-state index in [2.05, 4.69) is 44.8 Å². The smallest absolute Gasteiger partial charge is 0.356 e. The van der Waals surface area contributed by atoms with Crippen molar-refractivity contribution in [1.29, 1.82) is 0 Å². The first-order chi connectivity index (χ1) is 13.9. The molecule has 2 saturated heterocycles. The van der Waals surface area contributed by atoms with Crippen molar-refractivity contribution in [3.05, 3.63) is 35.9 Å². The van der Waals surface area contributed by atoms with Crippen molar-refractivity contribution in [2.75, 3.05) is 46.3 Å². The number of hydrogen-bond acceptors (Lipinski definition) is 3. The van der Waals surface area contributed by atoms with E-state index in [9.17, 15) is 13.2 Å². The molecule has 1 aromatic rings. The van der Waals surface area contributed by atoms with Crippen LogP contribution in [0.3, 0.4) is 0 Å². The standard InChI is InChI=1S/C21H32F3N5/c1-25-20(26-12-18-9-11-28(14-18)16-21(22,23)24)27-13-19-8-5-10-29(19)15-17-6-3-2-4-7-17/h2-4,6-7,18-19H,5,8-16H2,1H3,(H2,25,26,27). The lowest BCUT2D eigenvalue weighted by molar-refractivity contribution is -0.143. The summed E-state index contributed by atoms with van der Waals surface area (Å²) < 4.78 is 37.6. The number of benzene rings is 1. The molecule has 0 radical (unpaired) electrons. The Hall–Kier alpha value is -1.80. The highest BCUT2D eigenvalue weighted by Gasteiger charge is 2.34. The maximum absolute atomic E-state index is 12.5. The summed E-state index contributed by atoms with van der Waals surface area (Å²) in [6.07, 6.45) is -0.978. The van der Waals surface area contributed by atoms with Gasteiger partial charge in [-0.2, -0.15) is 13.2 Å². The molecule has 0 bridgehead atoms. The maximum atomic E-state index is 12.5. The SMILES string of the molecule is CN=C(NCC1CCN(CC(F)(F)F)C1)NCC1CCCN1Cc1ccccc1. The van der Waals surface area contributed by atoms with E-state index in [1.807, 2.05) is 6.07 Å². The molecule has 0 aromatic heterocycles. The van der Waals surface area contributed by atoms with E-state index in [1.54, 1.807) is 7.05 Å². The first-order valence-corrected chi connectivity index (χ1v) is 10.4. The lowest BCUT2D eigenvalue weighted by atomic mass is 10.1. The largest absolute Gasteiger partial charge is 0.401 e. The predicted octanol–water partition coefficient (Wildman–Crippen LogP) is 2.70. The molecule has 0 amide bonds. The van der Waals surface area contributed by atoms with Gasteiger partial charge in [0.1, 0.15) is 0 Å². The third-order valence-corrected chi connectivity index (χ3v) is 5.79. The second kappa shape index (κ2) is 10.3. The van der Waals surface area contributed by atoms with Gasteiger partial charge >= 0.3 is 6.18 Å². The van der Waals surface area contributed by atoms with Crippen molar-refractivity contribution in [2.45, 2.75) is 38.0 Å². The van der Waals surface area contributed by atoms with Crippen molar-refractivity contribution in [2.24, 2.45) is 10.9 Å². The van der Waals surface area contributed by atoms with Crippen LogP contribution in [0, 0.1) is 5.92 Å². The minimum Gasteiger partial charge on any atom is -0.356 e. The molecule has 2 aliphatic rings. The van der Waals surface area contributed by atoms with Crippen molar-refractivity contribution < 1.29 is 13.2 Å². The molecule has 2 unspecified atom stereocenters. The van der Waals surface area contributed by atoms with Gasteiger partial charge in [0.15, 0.2) is 5.96 Å².